The maximum atomic E-state index is 12.9. The Balaban J connectivity index is 1.75. The Labute approximate surface area is 135 Å². The summed E-state index contributed by atoms with van der Waals surface area (Å²) in [6.07, 6.45) is 0.791. The van der Waals surface area contributed by atoms with Gasteiger partial charge >= 0.3 is 0 Å². The van der Waals surface area contributed by atoms with Crippen molar-refractivity contribution in [1.29, 1.82) is 0 Å². The van der Waals surface area contributed by atoms with Crippen LogP contribution >= 0.6 is 0 Å². The lowest BCUT2D eigenvalue weighted by Gasteiger charge is -2.22. The lowest BCUT2D eigenvalue weighted by Crippen LogP contribution is -2.37. The van der Waals surface area contributed by atoms with E-state index in [1.807, 2.05) is 18.2 Å². The Morgan fingerprint density at radius 1 is 1.04 bits per heavy atom. The largest absolute Gasteiger partial charge is 0.454 e. The summed E-state index contributed by atoms with van der Waals surface area (Å²) in [5.41, 5.74) is 7.40. The Morgan fingerprint density at radius 3 is 2.65 bits per heavy atom. The van der Waals surface area contributed by atoms with Gasteiger partial charge < -0.3 is 20.1 Å². The zero-order valence-corrected chi connectivity index (χ0v) is 12.9. The van der Waals surface area contributed by atoms with Gasteiger partial charge in [0, 0.05) is 19.6 Å². The highest BCUT2D eigenvalue weighted by molar-refractivity contribution is 5.98. The molecule has 5 heteroatoms. The topological polar surface area (TPSA) is 64.8 Å². The van der Waals surface area contributed by atoms with E-state index in [1.165, 1.54) is 5.56 Å². The number of nitrogens with zero attached hydrogens (tertiary/aromatic N) is 1. The Hall–Kier alpha value is -2.53. The second-order valence-corrected chi connectivity index (χ2v) is 5.36. The predicted molar refractivity (Wildman–Crippen MR) is 87.7 cm³/mol. The Morgan fingerprint density at radius 2 is 1.87 bits per heavy atom. The standard InChI is InChI=1S/C18H20N2O3/c19-10-12-20(11-9-14-5-2-1-3-6-14)18(21)15-7-4-8-16-17(15)23-13-22-16/h1-8H,9-13,19H2. The van der Waals surface area contributed by atoms with Gasteiger partial charge in [0.05, 0.1) is 5.56 Å². The van der Waals surface area contributed by atoms with Crippen LogP contribution in [0.3, 0.4) is 0 Å². The molecular formula is C18H20N2O3. The zero-order valence-electron chi connectivity index (χ0n) is 12.9. The molecule has 0 saturated carbocycles. The molecule has 3 rings (SSSR count). The Kier molecular flexibility index (Phi) is 4.78. The molecule has 1 aliphatic heterocycles. The van der Waals surface area contributed by atoms with Crippen LogP contribution in [0.2, 0.25) is 0 Å². The molecule has 2 N–H and O–H groups in total. The van der Waals surface area contributed by atoms with Crippen LogP contribution < -0.4 is 15.2 Å². The van der Waals surface area contributed by atoms with Crippen molar-refractivity contribution >= 4 is 5.91 Å². The number of amides is 1. The SMILES string of the molecule is NCCN(CCc1ccccc1)C(=O)c1cccc2c1OCO2. The molecule has 0 spiro atoms. The highest BCUT2D eigenvalue weighted by atomic mass is 16.7. The number of ether oxygens (including phenoxy) is 2. The molecular weight excluding hydrogens is 292 g/mol. The molecule has 0 saturated heterocycles. The van der Waals surface area contributed by atoms with Crippen molar-refractivity contribution in [3.05, 3.63) is 59.7 Å². The maximum absolute atomic E-state index is 12.9. The predicted octanol–water partition coefficient (Wildman–Crippen LogP) is 2.06. The van der Waals surface area contributed by atoms with Gasteiger partial charge in [-0.05, 0) is 24.1 Å². The maximum Gasteiger partial charge on any atom is 0.257 e. The van der Waals surface area contributed by atoms with E-state index < -0.39 is 0 Å². The van der Waals surface area contributed by atoms with E-state index in [-0.39, 0.29) is 12.7 Å². The molecule has 1 aliphatic rings. The van der Waals surface area contributed by atoms with Crippen molar-refractivity contribution in [2.45, 2.75) is 6.42 Å². The zero-order chi connectivity index (χ0) is 16.1. The molecule has 120 valence electrons. The highest BCUT2D eigenvalue weighted by Gasteiger charge is 2.25. The number of hydrogen-bond donors (Lipinski definition) is 1. The van der Waals surface area contributed by atoms with Gasteiger partial charge in [-0.25, -0.2) is 0 Å². The first kappa shape index (κ1) is 15.4. The summed E-state index contributed by atoms with van der Waals surface area (Å²) in [5, 5.41) is 0. The van der Waals surface area contributed by atoms with E-state index in [0.717, 1.165) is 6.42 Å². The van der Waals surface area contributed by atoms with Gasteiger partial charge in [0.1, 0.15) is 0 Å². The minimum Gasteiger partial charge on any atom is -0.454 e. The fourth-order valence-electron chi connectivity index (χ4n) is 2.65. The summed E-state index contributed by atoms with van der Waals surface area (Å²) >= 11 is 0. The molecule has 23 heavy (non-hydrogen) atoms. The van der Waals surface area contributed by atoms with E-state index in [0.29, 0.717) is 36.7 Å². The fraction of sp³-hybridized carbons (Fsp3) is 0.278. The summed E-state index contributed by atoms with van der Waals surface area (Å²) in [4.78, 5) is 14.6. The first-order chi connectivity index (χ1) is 11.3. The minimum absolute atomic E-state index is 0.0752. The van der Waals surface area contributed by atoms with Gasteiger partial charge in [0.15, 0.2) is 11.5 Å². The fourth-order valence-corrected chi connectivity index (χ4v) is 2.65. The summed E-state index contributed by atoms with van der Waals surface area (Å²) in [6, 6.07) is 15.5. The average molecular weight is 312 g/mol. The van der Waals surface area contributed by atoms with Gasteiger partial charge in [-0.2, -0.15) is 0 Å². The number of carbonyl (C=O) groups is 1. The lowest BCUT2D eigenvalue weighted by molar-refractivity contribution is 0.0757. The van der Waals surface area contributed by atoms with Crippen molar-refractivity contribution in [2.75, 3.05) is 26.4 Å². The number of carbonyl (C=O) groups excluding carboxylic acids is 1. The van der Waals surface area contributed by atoms with Crippen LogP contribution in [-0.4, -0.2) is 37.2 Å². The molecule has 0 atom stereocenters. The van der Waals surface area contributed by atoms with Crippen LogP contribution in [0.1, 0.15) is 15.9 Å². The lowest BCUT2D eigenvalue weighted by atomic mass is 10.1. The molecule has 1 amide bonds. The summed E-state index contributed by atoms with van der Waals surface area (Å²) in [6.45, 7) is 1.70. The van der Waals surface area contributed by atoms with Gasteiger partial charge in [-0.3, -0.25) is 4.79 Å². The molecule has 0 radical (unpaired) electrons. The van der Waals surface area contributed by atoms with Gasteiger partial charge in [-0.15, -0.1) is 0 Å². The third-order valence-electron chi connectivity index (χ3n) is 3.83. The van der Waals surface area contributed by atoms with Crippen LogP contribution in [0.5, 0.6) is 11.5 Å². The number of nitrogens with two attached hydrogens (primary N) is 1. The van der Waals surface area contributed by atoms with Crippen molar-refractivity contribution in [2.24, 2.45) is 5.73 Å². The number of fused-ring (bicyclic) bond motifs is 1. The Bertz CT molecular complexity index is 673. The monoisotopic (exact) mass is 312 g/mol. The second kappa shape index (κ2) is 7.15. The van der Waals surface area contributed by atoms with Crippen LogP contribution in [0, 0.1) is 0 Å². The van der Waals surface area contributed by atoms with Crippen LogP contribution in [0.4, 0.5) is 0 Å². The first-order valence-electron chi connectivity index (χ1n) is 7.71. The number of benzene rings is 2. The number of para-hydroxylation sites is 1. The molecule has 5 nitrogen and oxygen atoms in total. The third-order valence-corrected chi connectivity index (χ3v) is 3.83. The van der Waals surface area contributed by atoms with Crippen molar-refractivity contribution in [3.8, 4) is 11.5 Å². The van der Waals surface area contributed by atoms with Gasteiger partial charge in [0.2, 0.25) is 6.79 Å². The van der Waals surface area contributed by atoms with E-state index in [1.54, 1.807) is 23.1 Å². The normalized spacial score (nSPS) is 12.2. The van der Waals surface area contributed by atoms with Crippen molar-refractivity contribution in [3.63, 3.8) is 0 Å². The van der Waals surface area contributed by atoms with Crippen LogP contribution in [-0.2, 0) is 6.42 Å². The van der Waals surface area contributed by atoms with E-state index in [9.17, 15) is 4.79 Å². The number of rotatable bonds is 6. The van der Waals surface area contributed by atoms with Crippen LogP contribution in [0.15, 0.2) is 48.5 Å². The average Bonchev–Trinajstić information content (AvgIpc) is 3.07. The summed E-state index contributed by atoms with van der Waals surface area (Å²) < 4.78 is 10.8. The van der Waals surface area contributed by atoms with Gasteiger partial charge in [-0.1, -0.05) is 36.4 Å². The minimum atomic E-state index is -0.0752. The quantitative estimate of drug-likeness (QED) is 0.887. The van der Waals surface area contributed by atoms with E-state index in [4.69, 9.17) is 15.2 Å². The molecule has 0 aromatic heterocycles. The van der Waals surface area contributed by atoms with Crippen molar-refractivity contribution < 1.29 is 14.3 Å². The van der Waals surface area contributed by atoms with E-state index >= 15 is 0 Å². The third kappa shape index (κ3) is 3.46. The smallest absolute Gasteiger partial charge is 0.257 e. The van der Waals surface area contributed by atoms with Crippen molar-refractivity contribution in [1.82, 2.24) is 4.90 Å². The summed E-state index contributed by atoms with van der Waals surface area (Å²) in [5.74, 6) is 1.07. The summed E-state index contributed by atoms with van der Waals surface area (Å²) in [7, 11) is 0. The molecule has 0 aliphatic carbocycles. The molecule has 0 fully saturated rings. The highest BCUT2D eigenvalue weighted by Crippen LogP contribution is 2.35. The van der Waals surface area contributed by atoms with Crippen LogP contribution in [0.25, 0.3) is 0 Å². The number of hydrogen-bond acceptors (Lipinski definition) is 4. The first-order valence-corrected chi connectivity index (χ1v) is 7.71. The van der Waals surface area contributed by atoms with E-state index in [2.05, 4.69) is 12.1 Å². The molecule has 2 aromatic rings. The second-order valence-electron chi connectivity index (χ2n) is 5.36. The molecule has 1 heterocycles. The molecule has 2 aromatic carbocycles. The van der Waals surface area contributed by atoms with Gasteiger partial charge in [0.25, 0.3) is 5.91 Å². The molecule has 0 bridgehead atoms. The molecule has 0 unspecified atom stereocenters.